The molecule has 1 aliphatic heterocycles. The van der Waals surface area contributed by atoms with Crippen LogP contribution in [0.5, 0.6) is 5.75 Å². The second-order valence-corrected chi connectivity index (χ2v) is 6.35. The molecule has 0 bridgehead atoms. The van der Waals surface area contributed by atoms with Crippen LogP contribution in [-0.4, -0.2) is 42.9 Å². The second-order valence-electron chi connectivity index (χ2n) is 4.44. The van der Waals surface area contributed by atoms with Gasteiger partial charge < -0.3 is 9.47 Å². The normalized spacial score (nSPS) is 16.7. The van der Waals surface area contributed by atoms with Crippen LogP contribution in [0.4, 0.5) is 4.79 Å². The summed E-state index contributed by atoms with van der Waals surface area (Å²) in [5, 5.41) is -0.277. The fraction of sp³-hybridized carbons (Fsp3) is 0.333. The zero-order valence-electron chi connectivity index (χ0n) is 12.3. The summed E-state index contributed by atoms with van der Waals surface area (Å²) in [6.07, 6.45) is 1.69. The van der Waals surface area contributed by atoms with Gasteiger partial charge >= 0.3 is 0 Å². The van der Waals surface area contributed by atoms with Gasteiger partial charge in [0.15, 0.2) is 0 Å². The topological polar surface area (TPSA) is 55.8 Å². The van der Waals surface area contributed by atoms with E-state index in [2.05, 4.69) is 15.9 Å². The lowest BCUT2D eigenvalue weighted by molar-refractivity contribution is -0.123. The van der Waals surface area contributed by atoms with Gasteiger partial charge in [0.25, 0.3) is 11.1 Å². The van der Waals surface area contributed by atoms with Gasteiger partial charge in [-0.1, -0.05) is 15.9 Å². The molecule has 7 heteroatoms. The Labute approximate surface area is 141 Å². The number of methoxy groups -OCH3 is 1. The quantitative estimate of drug-likeness (QED) is 0.701. The number of carbonyl (C=O) groups excluding carboxylic acids is 2. The molecule has 1 aromatic rings. The van der Waals surface area contributed by atoms with Crippen molar-refractivity contribution >= 4 is 44.9 Å². The highest BCUT2D eigenvalue weighted by Crippen LogP contribution is 2.34. The molecule has 1 aromatic carbocycles. The monoisotopic (exact) mass is 385 g/mol. The maximum absolute atomic E-state index is 12.3. The number of hydrogen-bond acceptors (Lipinski definition) is 5. The van der Waals surface area contributed by atoms with Crippen molar-refractivity contribution in [3.63, 3.8) is 0 Å². The average Bonchev–Trinajstić information content (AvgIpc) is 2.74. The molecule has 1 aliphatic rings. The molecule has 0 aliphatic carbocycles. The minimum Gasteiger partial charge on any atom is -0.493 e. The van der Waals surface area contributed by atoms with Crippen LogP contribution in [0.2, 0.25) is 0 Å². The Balaban J connectivity index is 2.28. The Hall–Kier alpha value is -1.31. The number of halogens is 1. The number of carbonyl (C=O) groups is 2. The molecule has 1 fully saturated rings. The van der Waals surface area contributed by atoms with Crippen LogP contribution in [0.1, 0.15) is 12.5 Å². The van der Waals surface area contributed by atoms with E-state index in [0.717, 1.165) is 21.8 Å². The van der Waals surface area contributed by atoms with E-state index in [0.29, 0.717) is 23.9 Å². The summed E-state index contributed by atoms with van der Waals surface area (Å²) in [7, 11) is 1.53. The SMILES string of the molecule is CCOc1ccc(Br)cc1/C=C1/SC(=O)N(CCOC)C1=O. The fourth-order valence-corrected chi connectivity index (χ4v) is 3.17. The highest BCUT2D eigenvalue weighted by Gasteiger charge is 2.34. The lowest BCUT2D eigenvalue weighted by Gasteiger charge is -2.11. The summed E-state index contributed by atoms with van der Waals surface area (Å²) in [4.78, 5) is 25.8. The van der Waals surface area contributed by atoms with Gasteiger partial charge in [0, 0.05) is 17.1 Å². The predicted molar refractivity (Wildman–Crippen MR) is 89.9 cm³/mol. The third-order valence-corrected chi connectivity index (χ3v) is 4.35. The molecule has 0 spiro atoms. The molecule has 2 amide bonds. The van der Waals surface area contributed by atoms with Crippen LogP contribution in [0.25, 0.3) is 6.08 Å². The largest absolute Gasteiger partial charge is 0.493 e. The van der Waals surface area contributed by atoms with E-state index in [-0.39, 0.29) is 17.7 Å². The van der Waals surface area contributed by atoms with Gasteiger partial charge in [-0.3, -0.25) is 14.5 Å². The van der Waals surface area contributed by atoms with Crippen molar-refractivity contribution in [1.29, 1.82) is 0 Å². The molecule has 2 rings (SSSR count). The van der Waals surface area contributed by atoms with Crippen molar-refractivity contribution in [1.82, 2.24) is 4.90 Å². The molecule has 0 saturated carbocycles. The summed E-state index contributed by atoms with van der Waals surface area (Å²) in [5.41, 5.74) is 0.758. The van der Waals surface area contributed by atoms with E-state index in [1.54, 1.807) is 6.08 Å². The maximum atomic E-state index is 12.3. The Morgan fingerprint density at radius 1 is 1.36 bits per heavy atom. The van der Waals surface area contributed by atoms with Crippen LogP contribution < -0.4 is 4.74 Å². The third-order valence-electron chi connectivity index (χ3n) is 2.95. The first-order chi connectivity index (χ1) is 10.6. The Morgan fingerprint density at radius 2 is 2.14 bits per heavy atom. The van der Waals surface area contributed by atoms with Gasteiger partial charge in [0.1, 0.15) is 5.75 Å². The molecular formula is C15H16BrNO4S. The van der Waals surface area contributed by atoms with Gasteiger partial charge in [-0.2, -0.15) is 0 Å². The molecule has 0 aromatic heterocycles. The van der Waals surface area contributed by atoms with Gasteiger partial charge in [-0.15, -0.1) is 0 Å². The number of amides is 2. The van der Waals surface area contributed by atoms with Crippen LogP contribution in [0, 0.1) is 0 Å². The molecule has 0 atom stereocenters. The lowest BCUT2D eigenvalue weighted by Crippen LogP contribution is -2.31. The summed E-state index contributed by atoms with van der Waals surface area (Å²) >= 11 is 4.33. The molecular weight excluding hydrogens is 370 g/mol. The van der Waals surface area contributed by atoms with E-state index < -0.39 is 0 Å². The van der Waals surface area contributed by atoms with E-state index >= 15 is 0 Å². The molecule has 0 unspecified atom stereocenters. The number of imide groups is 1. The average molecular weight is 386 g/mol. The van der Waals surface area contributed by atoms with Gasteiger partial charge in [0.2, 0.25) is 0 Å². The van der Waals surface area contributed by atoms with Gasteiger partial charge in [-0.05, 0) is 43.0 Å². The highest BCUT2D eigenvalue weighted by molar-refractivity contribution is 9.10. The molecule has 0 N–H and O–H groups in total. The van der Waals surface area contributed by atoms with E-state index in [1.807, 2.05) is 25.1 Å². The first-order valence-corrected chi connectivity index (χ1v) is 8.34. The standard InChI is InChI=1S/C15H16BrNO4S/c1-3-21-12-5-4-11(16)8-10(12)9-13-14(18)17(6-7-20-2)15(19)22-13/h4-5,8-9H,3,6-7H2,1-2H3/b13-9+. The maximum Gasteiger partial charge on any atom is 0.293 e. The van der Waals surface area contributed by atoms with E-state index in [9.17, 15) is 9.59 Å². The van der Waals surface area contributed by atoms with Crippen molar-refractivity contribution in [2.45, 2.75) is 6.92 Å². The molecule has 5 nitrogen and oxygen atoms in total. The minimum atomic E-state index is -0.297. The van der Waals surface area contributed by atoms with Crippen LogP contribution in [0.3, 0.4) is 0 Å². The molecule has 22 heavy (non-hydrogen) atoms. The summed E-state index contributed by atoms with van der Waals surface area (Å²) in [6.45, 7) is 3.00. The third kappa shape index (κ3) is 3.91. The number of ether oxygens (including phenoxy) is 2. The van der Waals surface area contributed by atoms with E-state index in [4.69, 9.17) is 9.47 Å². The van der Waals surface area contributed by atoms with Crippen LogP contribution in [0.15, 0.2) is 27.6 Å². The Morgan fingerprint density at radius 3 is 2.82 bits per heavy atom. The minimum absolute atomic E-state index is 0.259. The van der Waals surface area contributed by atoms with Crippen molar-refractivity contribution in [2.75, 3.05) is 26.9 Å². The summed E-state index contributed by atoms with van der Waals surface area (Å²) in [5.74, 6) is 0.379. The Bertz CT molecular complexity index is 618. The first kappa shape index (κ1) is 17.1. The zero-order valence-corrected chi connectivity index (χ0v) is 14.7. The fourth-order valence-electron chi connectivity index (χ4n) is 1.94. The number of thioether (sulfide) groups is 1. The molecule has 0 radical (unpaired) electrons. The lowest BCUT2D eigenvalue weighted by atomic mass is 10.2. The van der Waals surface area contributed by atoms with Crippen molar-refractivity contribution in [3.05, 3.63) is 33.1 Å². The number of rotatable bonds is 6. The molecule has 118 valence electrons. The second kappa shape index (κ2) is 7.80. The van der Waals surface area contributed by atoms with Crippen molar-refractivity contribution in [2.24, 2.45) is 0 Å². The number of hydrogen-bond donors (Lipinski definition) is 0. The van der Waals surface area contributed by atoms with Gasteiger partial charge in [0.05, 0.1) is 24.7 Å². The van der Waals surface area contributed by atoms with Crippen LogP contribution in [-0.2, 0) is 9.53 Å². The Kier molecular flexibility index (Phi) is 6.05. The first-order valence-electron chi connectivity index (χ1n) is 6.73. The molecule has 1 heterocycles. The van der Waals surface area contributed by atoms with Crippen molar-refractivity contribution < 1.29 is 19.1 Å². The number of nitrogens with zero attached hydrogens (tertiary/aromatic N) is 1. The number of benzene rings is 1. The zero-order chi connectivity index (χ0) is 16.1. The summed E-state index contributed by atoms with van der Waals surface area (Å²) in [6, 6.07) is 5.55. The molecule has 1 saturated heterocycles. The summed E-state index contributed by atoms with van der Waals surface area (Å²) < 4.78 is 11.3. The van der Waals surface area contributed by atoms with Gasteiger partial charge in [-0.25, -0.2) is 0 Å². The van der Waals surface area contributed by atoms with Crippen LogP contribution >= 0.6 is 27.7 Å². The van der Waals surface area contributed by atoms with E-state index in [1.165, 1.54) is 12.0 Å². The smallest absolute Gasteiger partial charge is 0.293 e. The van der Waals surface area contributed by atoms with Crippen molar-refractivity contribution in [3.8, 4) is 5.75 Å². The highest BCUT2D eigenvalue weighted by atomic mass is 79.9. The predicted octanol–water partition coefficient (Wildman–Crippen LogP) is 3.53.